The fraction of sp³-hybridized carbons (Fsp3) is 0.857. The van der Waals surface area contributed by atoms with E-state index < -0.39 is 11.6 Å². The fourth-order valence-electron chi connectivity index (χ4n) is 2.58. The van der Waals surface area contributed by atoms with Crippen molar-refractivity contribution < 1.29 is 19.4 Å². The summed E-state index contributed by atoms with van der Waals surface area (Å²) in [6, 6.07) is 0. The van der Waals surface area contributed by atoms with Gasteiger partial charge in [0.2, 0.25) is 0 Å². The largest absolute Gasteiger partial charge is 0.481 e. The lowest BCUT2D eigenvalue weighted by molar-refractivity contribution is -0.144. The molecule has 5 nitrogen and oxygen atoms in total. The molecule has 5 heteroatoms. The van der Waals surface area contributed by atoms with E-state index >= 15 is 0 Å². The smallest absolute Gasteiger partial charge is 0.410 e. The number of ether oxygens (including phenoxy) is 1. The zero-order chi connectivity index (χ0) is 14.8. The number of piperidine rings is 1. The summed E-state index contributed by atoms with van der Waals surface area (Å²) >= 11 is 0. The number of carboxylic acid groups (broad SMARTS) is 1. The van der Waals surface area contributed by atoms with Gasteiger partial charge in [0.05, 0.1) is 5.92 Å². The first kappa shape index (κ1) is 15.8. The highest BCUT2D eigenvalue weighted by molar-refractivity contribution is 5.70. The van der Waals surface area contributed by atoms with Gasteiger partial charge >= 0.3 is 12.1 Å². The molecule has 1 saturated heterocycles. The number of rotatable bonds is 2. The van der Waals surface area contributed by atoms with Gasteiger partial charge in [0, 0.05) is 13.1 Å². The predicted molar refractivity (Wildman–Crippen MR) is 71.9 cm³/mol. The summed E-state index contributed by atoms with van der Waals surface area (Å²) in [5.41, 5.74) is -0.495. The minimum Gasteiger partial charge on any atom is -0.481 e. The molecule has 110 valence electrons. The van der Waals surface area contributed by atoms with Gasteiger partial charge in [-0.25, -0.2) is 4.79 Å². The van der Waals surface area contributed by atoms with E-state index in [0.29, 0.717) is 19.5 Å². The first-order valence-corrected chi connectivity index (χ1v) is 6.82. The van der Waals surface area contributed by atoms with Gasteiger partial charge in [-0.05, 0) is 39.0 Å². The van der Waals surface area contributed by atoms with Crippen LogP contribution in [0.5, 0.6) is 0 Å². The fourth-order valence-corrected chi connectivity index (χ4v) is 2.58. The van der Waals surface area contributed by atoms with Crippen molar-refractivity contribution in [3.63, 3.8) is 0 Å². The van der Waals surface area contributed by atoms with E-state index in [1.54, 1.807) is 11.8 Å². The molecule has 1 N–H and O–H groups in total. The van der Waals surface area contributed by atoms with Crippen molar-refractivity contribution in [3.8, 4) is 0 Å². The predicted octanol–water partition coefficient (Wildman–Crippen LogP) is 2.60. The molecule has 1 aliphatic heterocycles. The van der Waals surface area contributed by atoms with Crippen molar-refractivity contribution in [2.45, 2.75) is 46.6 Å². The Morgan fingerprint density at radius 3 is 2.37 bits per heavy atom. The third-order valence-corrected chi connectivity index (χ3v) is 3.66. The molecule has 1 aliphatic rings. The van der Waals surface area contributed by atoms with Crippen molar-refractivity contribution in [2.24, 2.45) is 17.8 Å². The summed E-state index contributed by atoms with van der Waals surface area (Å²) in [5, 5.41) is 9.07. The van der Waals surface area contributed by atoms with E-state index in [1.165, 1.54) is 0 Å². The van der Waals surface area contributed by atoms with Crippen LogP contribution in [-0.4, -0.2) is 40.8 Å². The van der Waals surface area contributed by atoms with E-state index in [2.05, 4.69) is 0 Å². The van der Waals surface area contributed by atoms with Crippen molar-refractivity contribution in [1.29, 1.82) is 0 Å². The number of carboxylic acids is 1. The third-order valence-electron chi connectivity index (χ3n) is 3.66. The number of carbonyl (C=O) groups excluding carboxylic acids is 1. The second-order valence-corrected chi connectivity index (χ2v) is 6.48. The molecular formula is C14H25NO4. The Bertz CT molecular complexity index is 348. The molecule has 1 amide bonds. The minimum absolute atomic E-state index is 0.121. The highest BCUT2D eigenvalue weighted by atomic mass is 16.6. The number of carbonyl (C=O) groups is 2. The third kappa shape index (κ3) is 4.40. The highest BCUT2D eigenvalue weighted by Gasteiger charge is 2.35. The zero-order valence-corrected chi connectivity index (χ0v) is 12.5. The quantitative estimate of drug-likeness (QED) is 0.838. The van der Waals surface area contributed by atoms with Crippen molar-refractivity contribution in [2.75, 3.05) is 13.1 Å². The lowest BCUT2D eigenvalue weighted by Crippen LogP contribution is -2.47. The molecule has 0 bridgehead atoms. The van der Waals surface area contributed by atoms with Crippen LogP contribution in [0.25, 0.3) is 0 Å². The summed E-state index contributed by atoms with van der Waals surface area (Å²) in [5.74, 6) is -0.832. The summed E-state index contributed by atoms with van der Waals surface area (Å²) in [4.78, 5) is 24.7. The van der Waals surface area contributed by atoms with E-state index in [0.717, 1.165) is 0 Å². The normalized spacial score (nSPS) is 25.8. The van der Waals surface area contributed by atoms with Crippen molar-refractivity contribution >= 4 is 12.1 Å². The Kier molecular flexibility index (Phi) is 4.82. The summed E-state index contributed by atoms with van der Waals surface area (Å²) in [6.07, 6.45) is 0.411. The number of nitrogens with zero attached hydrogens (tertiary/aromatic N) is 1. The maximum Gasteiger partial charge on any atom is 0.410 e. The Morgan fingerprint density at radius 2 is 1.95 bits per heavy atom. The van der Waals surface area contributed by atoms with Crippen LogP contribution in [-0.2, 0) is 9.53 Å². The molecule has 0 aromatic heterocycles. The van der Waals surface area contributed by atoms with Gasteiger partial charge < -0.3 is 14.7 Å². The Hall–Kier alpha value is -1.26. The molecule has 1 rings (SSSR count). The number of hydrogen-bond donors (Lipinski definition) is 1. The molecule has 0 radical (unpaired) electrons. The van der Waals surface area contributed by atoms with Gasteiger partial charge in [-0.2, -0.15) is 0 Å². The van der Waals surface area contributed by atoms with Crippen molar-refractivity contribution in [3.05, 3.63) is 0 Å². The first-order valence-electron chi connectivity index (χ1n) is 6.82. The second-order valence-electron chi connectivity index (χ2n) is 6.48. The molecule has 0 aromatic carbocycles. The molecule has 1 fully saturated rings. The van der Waals surface area contributed by atoms with Crippen LogP contribution in [0, 0.1) is 17.8 Å². The molecule has 0 aliphatic carbocycles. The molecular weight excluding hydrogens is 246 g/mol. The minimum atomic E-state index is -0.762. The van der Waals surface area contributed by atoms with E-state index in [9.17, 15) is 9.59 Å². The standard InChI is InChI=1S/C14H25NO4/c1-9-8-15(13(18)19-14(3,4)5)7-6-11(9)10(2)12(16)17/h9-11H,6-8H2,1-5H3,(H,16,17). The van der Waals surface area contributed by atoms with Gasteiger partial charge in [-0.15, -0.1) is 0 Å². The van der Waals surface area contributed by atoms with Crippen LogP contribution >= 0.6 is 0 Å². The van der Waals surface area contributed by atoms with Crippen LogP contribution in [0.3, 0.4) is 0 Å². The van der Waals surface area contributed by atoms with Gasteiger partial charge in [-0.3, -0.25) is 4.79 Å². The van der Waals surface area contributed by atoms with Gasteiger partial charge in [0.1, 0.15) is 5.60 Å². The molecule has 3 atom stereocenters. The molecule has 19 heavy (non-hydrogen) atoms. The topological polar surface area (TPSA) is 66.8 Å². The molecule has 0 saturated carbocycles. The van der Waals surface area contributed by atoms with Crippen LogP contribution in [0.2, 0.25) is 0 Å². The molecule has 1 heterocycles. The van der Waals surface area contributed by atoms with E-state index in [-0.39, 0.29) is 23.8 Å². The zero-order valence-electron chi connectivity index (χ0n) is 12.5. The molecule has 0 spiro atoms. The maximum atomic E-state index is 12.0. The van der Waals surface area contributed by atoms with Gasteiger partial charge in [0.25, 0.3) is 0 Å². The number of likely N-dealkylation sites (tertiary alicyclic amines) is 1. The van der Waals surface area contributed by atoms with Crippen LogP contribution in [0.4, 0.5) is 4.79 Å². The first-order chi connectivity index (χ1) is 8.61. The lowest BCUT2D eigenvalue weighted by Gasteiger charge is -2.39. The number of aliphatic carboxylic acids is 1. The summed E-state index contributed by atoms with van der Waals surface area (Å²) < 4.78 is 5.34. The average Bonchev–Trinajstić information content (AvgIpc) is 2.25. The number of amides is 1. The Balaban J connectivity index is 2.59. The molecule has 0 aromatic rings. The second kappa shape index (κ2) is 5.80. The van der Waals surface area contributed by atoms with Crippen LogP contribution < -0.4 is 0 Å². The van der Waals surface area contributed by atoms with E-state index in [1.807, 2.05) is 27.7 Å². The summed E-state index contributed by atoms with van der Waals surface area (Å²) in [6.45, 7) is 10.4. The van der Waals surface area contributed by atoms with Crippen molar-refractivity contribution in [1.82, 2.24) is 4.90 Å². The Labute approximate surface area is 114 Å². The average molecular weight is 271 g/mol. The monoisotopic (exact) mass is 271 g/mol. The molecule has 3 unspecified atom stereocenters. The Morgan fingerprint density at radius 1 is 1.37 bits per heavy atom. The van der Waals surface area contributed by atoms with Gasteiger partial charge in [-0.1, -0.05) is 13.8 Å². The van der Waals surface area contributed by atoms with Gasteiger partial charge in [0.15, 0.2) is 0 Å². The number of hydrogen-bond acceptors (Lipinski definition) is 3. The SMILES string of the molecule is CC1CN(C(=O)OC(C)(C)C)CCC1C(C)C(=O)O. The lowest BCUT2D eigenvalue weighted by atomic mass is 9.78. The summed E-state index contributed by atoms with van der Waals surface area (Å²) in [7, 11) is 0. The maximum absolute atomic E-state index is 12.0. The van der Waals surface area contributed by atoms with Crippen LogP contribution in [0.15, 0.2) is 0 Å². The van der Waals surface area contributed by atoms with E-state index in [4.69, 9.17) is 9.84 Å². The van der Waals surface area contributed by atoms with Crippen LogP contribution in [0.1, 0.15) is 41.0 Å². The highest BCUT2D eigenvalue weighted by Crippen LogP contribution is 2.30.